The number of halogens is 1. The molecule has 0 heterocycles. The topological polar surface area (TPSA) is 32.7 Å². The number of ether oxygens (including phenoxy) is 1. The monoisotopic (exact) mass is 313 g/mol. The van der Waals surface area contributed by atoms with Gasteiger partial charge in [0, 0.05) is 17.1 Å². The van der Waals surface area contributed by atoms with Crippen LogP contribution in [0.15, 0.2) is 18.2 Å². The Labute approximate surface area is 133 Å². The largest absolute Gasteiger partial charge is 0.493 e. The molecule has 0 saturated carbocycles. The molecule has 0 saturated heterocycles. The number of hydrogen-bond donors (Lipinski definition) is 1. The second kappa shape index (κ2) is 10.0. The van der Waals surface area contributed by atoms with Crippen LogP contribution in [0.2, 0.25) is 5.02 Å². The van der Waals surface area contributed by atoms with Crippen molar-refractivity contribution in [3.8, 4) is 5.75 Å². The number of aliphatic hydroxyl groups excluding tert-OH is 1. The van der Waals surface area contributed by atoms with E-state index in [2.05, 4.69) is 25.8 Å². The predicted molar refractivity (Wildman–Crippen MR) is 89.2 cm³/mol. The van der Waals surface area contributed by atoms with E-state index in [9.17, 15) is 5.11 Å². The average Bonchev–Trinajstić information content (AvgIpc) is 2.49. The van der Waals surface area contributed by atoms with Gasteiger partial charge in [0.25, 0.3) is 0 Å². The van der Waals surface area contributed by atoms with E-state index in [1.54, 1.807) is 6.07 Å². The highest BCUT2D eigenvalue weighted by Gasteiger charge is 2.15. The second-order valence-corrected chi connectivity index (χ2v) is 5.93. The van der Waals surface area contributed by atoms with Gasteiger partial charge in [-0.3, -0.25) is 0 Å². The molecule has 1 unspecified atom stereocenters. The Morgan fingerprint density at radius 1 is 1.24 bits per heavy atom. The molecule has 21 heavy (non-hydrogen) atoms. The molecule has 1 N–H and O–H groups in total. The van der Waals surface area contributed by atoms with Crippen LogP contribution in [0.1, 0.15) is 51.2 Å². The molecule has 0 aliphatic heterocycles. The smallest absolute Gasteiger partial charge is 0.125 e. The number of benzene rings is 1. The highest BCUT2D eigenvalue weighted by atomic mass is 35.5. The molecule has 3 nitrogen and oxygen atoms in total. The zero-order chi connectivity index (χ0) is 15.7. The molecule has 0 aliphatic rings. The minimum absolute atomic E-state index is 0.542. The zero-order valence-corrected chi connectivity index (χ0v) is 14.2. The zero-order valence-electron chi connectivity index (χ0n) is 13.4. The molecule has 0 radical (unpaired) electrons. The summed E-state index contributed by atoms with van der Waals surface area (Å²) in [5.74, 6) is 0.741. The first-order valence-electron chi connectivity index (χ1n) is 7.87. The van der Waals surface area contributed by atoms with E-state index in [0.717, 1.165) is 30.8 Å². The van der Waals surface area contributed by atoms with Gasteiger partial charge in [0.05, 0.1) is 12.7 Å². The van der Waals surface area contributed by atoms with Gasteiger partial charge >= 0.3 is 0 Å². The molecular formula is C17H28ClNO2. The number of aliphatic hydroxyl groups is 1. The molecule has 0 fully saturated rings. The van der Waals surface area contributed by atoms with Crippen molar-refractivity contribution in [3.63, 3.8) is 0 Å². The van der Waals surface area contributed by atoms with Crippen molar-refractivity contribution >= 4 is 11.6 Å². The summed E-state index contributed by atoms with van der Waals surface area (Å²) in [6.07, 6.45) is 3.46. The Kier molecular flexibility index (Phi) is 8.74. The number of hydrogen-bond acceptors (Lipinski definition) is 3. The minimum atomic E-state index is -0.542. The van der Waals surface area contributed by atoms with Gasteiger partial charge in [0.1, 0.15) is 5.75 Å². The quantitative estimate of drug-likeness (QED) is 0.699. The van der Waals surface area contributed by atoms with Crippen molar-refractivity contribution in [1.82, 2.24) is 4.90 Å². The lowest BCUT2D eigenvalue weighted by Crippen LogP contribution is -2.22. The normalized spacial score (nSPS) is 12.7. The maximum absolute atomic E-state index is 10.4. The Bertz CT molecular complexity index is 412. The Hall–Kier alpha value is -0.770. The van der Waals surface area contributed by atoms with E-state index < -0.39 is 6.10 Å². The van der Waals surface area contributed by atoms with Crippen LogP contribution in [0.25, 0.3) is 0 Å². The summed E-state index contributed by atoms with van der Waals surface area (Å²) < 4.78 is 5.70. The standard InChI is InChI=1S/C17H28ClNO2/c1-4-6-10-19(3)11-9-16(20)15-13-14(18)7-8-17(15)21-12-5-2/h7-8,13,16,20H,4-6,9-12H2,1-3H3. The van der Waals surface area contributed by atoms with Crippen molar-refractivity contribution in [3.05, 3.63) is 28.8 Å². The fraction of sp³-hybridized carbons (Fsp3) is 0.647. The van der Waals surface area contributed by atoms with Gasteiger partial charge in [-0.1, -0.05) is 31.9 Å². The Balaban J connectivity index is 2.62. The lowest BCUT2D eigenvalue weighted by atomic mass is 10.1. The first-order chi connectivity index (χ1) is 10.1. The molecule has 1 atom stereocenters. The van der Waals surface area contributed by atoms with Crippen molar-refractivity contribution in [2.75, 3.05) is 26.7 Å². The van der Waals surface area contributed by atoms with Gasteiger partial charge in [-0.25, -0.2) is 0 Å². The van der Waals surface area contributed by atoms with E-state index in [0.29, 0.717) is 18.1 Å². The van der Waals surface area contributed by atoms with Crippen molar-refractivity contribution in [2.24, 2.45) is 0 Å². The molecule has 0 spiro atoms. The van der Waals surface area contributed by atoms with Crippen LogP contribution in [-0.4, -0.2) is 36.8 Å². The van der Waals surface area contributed by atoms with Gasteiger partial charge in [0.2, 0.25) is 0 Å². The fourth-order valence-electron chi connectivity index (χ4n) is 2.16. The van der Waals surface area contributed by atoms with Gasteiger partial charge in [-0.2, -0.15) is 0 Å². The first kappa shape index (κ1) is 18.3. The summed E-state index contributed by atoms with van der Waals surface area (Å²) in [6.45, 7) is 6.83. The molecule has 1 aromatic carbocycles. The highest BCUT2D eigenvalue weighted by Crippen LogP contribution is 2.30. The molecule has 120 valence electrons. The predicted octanol–water partition coefficient (Wildman–Crippen LogP) is 4.28. The van der Waals surface area contributed by atoms with Gasteiger partial charge < -0.3 is 14.7 Å². The Morgan fingerprint density at radius 2 is 2.00 bits per heavy atom. The van der Waals surface area contributed by atoms with Crippen molar-refractivity contribution in [2.45, 2.75) is 45.6 Å². The number of unbranched alkanes of at least 4 members (excludes halogenated alkanes) is 1. The SMILES string of the molecule is CCCCN(C)CCC(O)c1cc(Cl)ccc1OCCC. The summed E-state index contributed by atoms with van der Waals surface area (Å²) in [5, 5.41) is 11.1. The molecule has 1 rings (SSSR count). The van der Waals surface area contributed by atoms with Crippen LogP contribution in [-0.2, 0) is 0 Å². The minimum Gasteiger partial charge on any atom is -0.493 e. The van der Waals surface area contributed by atoms with Crippen LogP contribution in [0.5, 0.6) is 5.75 Å². The van der Waals surface area contributed by atoms with Crippen LogP contribution in [0.4, 0.5) is 0 Å². The molecule has 0 amide bonds. The van der Waals surface area contributed by atoms with E-state index in [-0.39, 0.29) is 0 Å². The highest BCUT2D eigenvalue weighted by molar-refractivity contribution is 6.30. The lowest BCUT2D eigenvalue weighted by molar-refractivity contribution is 0.144. The summed E-state index contributed by atoms with van der Waals surface area (Å²) in [7, 11) is 2.09. The maximum Gasteiger partial charge on any atom is 0.125 e. The summed E-state index contributed by atoms with van der Waals surface area (Å²) >= 11 is 6.05. The van der Waals surface area contributed by atoms with E-state index in [1.807, 2.05) is 12.1 Å². The molecule has 0 aliphatic carbocycles. The van der Waals surface area contributed by atoms with E-state index in [4.69, 9.17) is 16.3 Å². The summed E-state index contributed by atoms with van der Waals surface area (Å²) in [6, 6.07) is 5.46. The molecule has 1 aromatic rings. The van der Waals surface area contributed by atoms with Crippen molar-refractivity contribution in [1.29, 1.82) is 0 Å². The number of nitrogens with zero attached hydrogens (tertiary/aromatic N) is 1. The number of rotatable bonds is 10. The van der Waals surface area contributed by atoms with Crippen LogP contribution in [0.3, 0.4) is 0 Å². The first-order valence-corrected chi connectivity index (χ1v) is 8.25. The fourth-order valence-corrected chi connectivity index (χ4v) is 2.34. The van der Waals surface area contributed by atoms with Crippen LogP contribution < -0.4 is 4.74 Å². The Morgan fingerprint density at radius 3 is 2.67 bits per heavy atom. The van der Waals surface area contributed by atoms with E-state index in [1.165, 1.54) is 12.8 Å². The third kappa shape index (κ3) is 6.68. The van der Waals surface area contributed by atoms with Crippen LogP contribution >= 0.6 is 11.6 Å². The van der Waals surface area contributed by atoms with Gasteiger partial charge in [0.15, 0.2) is 0 Å². The third-order valence-electron chi connectivity index (χ3n) is 3.47. The van der Waals surface area contributed by atoms with Crippen LogP contribution in [0, 0.1) is 0 Å². The van der Waals surface area contributed by atoms with Crippen molar-refractivity contribution < 1.29 is 9.84 Å². The van der Waals surface area contributed by atoms with E-state index >= 15 is 0 Å². The second-order valence-electron chi connectivity index (χ2n) is 5.49. The van der Waals surface area contributed by atoms with Gasteiger partial charge in [-0.15, -0.1) is 0 Å². The maximum atomic E-state index is 10.4. The lowest BCUT2D eigenvalue weighted by Gasteiger charge is -2.20. The molecule has 0 bridgehead atoms. The molecule has 4 heteroatoms. The average molecular weight is 314 g/mol. The third-order valence-corrected chi connectivity index (χ3v) is 3.71. The molecular weight excluding hydrogens is 286 g/mol. The summed E-state index contributed by atoms with van der Waals surface area (Å²) in [5.41, 5.74) is 0.792. The molecule has 0 aromatic heterocycles. The van der Waals surface area contributed by atoms with Gasteiger partial charge in [-0.05, 0) is 51.1 Å². The summed E-state index contributed by atoms with van der Waals surface area (Å²) in [4.78, 5) is 2.25.